The van der Waals surface area contributed by atoms with Gasteiger partial charge in [0, 0.05) is 19.5 Å². The number of nitrogens with zero attached hydrogens (tertiary/aromatic N) is 5. The molecular formula is C20H25FN6O4. The van der Waals surface area contributed by atoms with Crippen molar-refractivity contribution in [1.82, 2.24) is 14.9 Å². The Hall–Kier alpha value is -3.18. The minimum absolute atomic E-state index is 0.220. The topological polar surface area (TPSA) is 119 Å². The number of aromatic nitrogens is 2. The molecule has 0 aliphatic carbocycles. The molecule has 166 valence electrons. The van der Waals surface area contributed by atoms with Gasteiger partial charge >= 0.3 is 0 Å². The zero-order valence-corrected chi connectivity index (χ0v) is 17.5. The summed E-state index contributed by atoms with van der Waals surface area (Å²) in [4.78, 5) is 21.8. The first-order valence-electron chi connectivity index (χ1n) is 9.76. The summed E-state index contributed by atoms with van der Waals surface area (Å²) in [5.41, 5.74) is 6.33. The molecule has 2 aliphatic heterocycles. The van der Waals surface area contributed by atoms with Crippen LogP contribution in [0.4, 0.5) is 10.3 Å². The standard InChI is InChI=1S/C20H25FN6O4/c1-26-10-14(31-28)13-9-27(19-23-16(29-2)15(21)17(24-19)30-3)11-20(13,25-18(26)22)12-7-5-4-6-8-12/h4-8,13-14,28H,9-11H2,1-3H3,(H2,22,25)/t13?,14?,20-/m1/s1. The van der Waals surface area contributed by atoms with Gasteiger partial charge in [-0.05, 0) is 5.56 Å². The average Bonchev–Trinajstić information content (AvgIpc) is 3.13. The molecule has 2 aliphatic rings. The van der Waals surface area contributed by atoms with E-state index in [1.165, 1.54) is 14.2 Å². The monoisotopic (exact) mass is 432 g/mol. The van der Waals surface area contributed by atoms with Gasteiger partial charge in [-0.3, -0.25) is 5.26 Å². The quantitative estimate of drug-likeness (QED) is 0.528. The lowest BCUT2D eigenvalue weighted by Gasteiger charge is -2.32. The second-order valence-electron chi connectivity index (χ2n) is 7.63. The highest BCUT2D eigenvalue weighted by molar-refractivity contribution is 5.79. The third-order valence-corrected chi connectivity index (χ3v) is 5.93. The van der Waals surface area contributed by atoms with Crippen LogP contribution in [0, 0.1) is 11.7 Å². The molecule has 1 saturated heterocycles. The number of fused-ring (bicyclic) bond motifs is 1. The van der Waals surface area contributed by atoms with Crippen LogP contribution >= 0.6 is 0 Å². The predicted molar refractivity (Wildman–Crippen MR) is 111 cm³/mol. The summed E-state index contributed by atoms with van der Waals surface area (Å²) in [6.45, 7) is 1.05. The van der Waals surface area contributed by atoms with Crippen molar-refractivity contribution in [2.24, 2.45) is 16.6 Å². The molecule has 10 nitrogen and oxygen atoms in total. The van der Waals surface area contributed by atoms with Gasteiger partial charge in [0.05, 0.1) is 27.3 Å². The summed E-state index contributed by atoms with van der Waals surface area (Å²) >= 11 is 0. The van der Waals surface area contributed by atoms with Gasteiger partial charge in [0.2, 0.25) is 11.8 Å². The van der Waals surface area contributed by atoms with Gasteiger partial charge in [0.15, 0.2) is 5.96 Å². The van der Waals surface area contributed by atoms with Gasteiger partial charge in [-0.25, -0.2) is 9.88 Å². The molecular weight excluding hydrogens is 407 g/mol. The lowest BCUT2D eigenvalue weighted by molar-refractivity contribution is -0.292. The van der Waals surface area contributed by atoms with Crippen LogP contribution in [0.25, 0.3) is 0 Å². The zero-order valence-electron chi connectivity index (χ0n) is 17.5. The molecule has 1 fully saturated rings. The van der Waals surface area contributed by atoms with Crippen molar-refractivity contribution in [2.75, 3.05) is 45.8 Å². The van der Waals surface area contributed by atoms with Gasteiger partial charge in [-0.1, -0.05) is 30.3 Å². The predicted octanol–water partition coefficient (Wildman–Crippen LogP) is 1.08. The van der Waals surface area contributed by atoms with E-state index in [-0.39, 0.29) is 23.6 Å². The summed E-state index contributed by atoms with van der Waals surface area (Å²) < 4.78 is 24.5. The molecule has 2 unspecified atom stereocenters. The van der Waals surface area contributed by atoms with E-state index in [0.717, 1.165) is 5.56 Å². The van der Waals surface area contributed by atoms with Crippen molar-refractivity contribution in [2.45, 2.75) is 11.6 Å². The molecule has 31 heavy (non-hydrogen) atoms. The molecule has 4 rings (SSSR count). The highest BCUT2D eigenvalue weighted by atomic mass is 19.1. The van der Waals surface area contributed by atoms with Crippen molar-refractivity contribution >= 4 is 11.9 Å². The van der Waals surface area contributed by atoms with E-state index < -0.39 is 17.5 Å². The molecule has 0 saturated carbocycles. The summed E-state index contributed by atoms with van der Waals surface area (Å²) in [6, 6.07) is 9.66. The van der Waals surface area contributed by atoms with Crippen LogP contribution in [0.15, 0.2) is 35.3 Å². The number of guanidine groups is 1. The summed E-state index contributed by atoms with van der Waals surface area (Å²) in [6.07, 6.45) is -0.593. The smallest absolute Gasteiger partial charge is 0.259 e. The van der Waals surface area contributed by atoms with Crippen molar-refractivity contribution in [3.8, 4) is 11.8 Å². The number of hydrogen-bond donors (Lipinski definition) is 2. The lowest BCUT2D eigenvalue weighted by Crippen LogP contribution is -2.42. The van der Waals surface area contributed by atoms with E-state index >= 15 is 0 Å². The second kappa shape index (κ2) is 8.16. The maximum Gasteiger partial charge on any atom is 0.259 e. The molecule has 3 heterocycles. The molecule has 1 aromatic heterocycles. The van der Waals surface area contributed by atoms with E-state index in [1.54, 1.807) is 11.9 Å². The van der Waals surface area contributed by atoms with Crippen molar-refractivity contribution in [3.05, 3.63) is 41.7 Å². The first-order chi connectivity index (χ1) is 14.9. The van der Waals surface area contributed by atoms with Crippen molar-refractivity contribution in [3.63, 3.8) is 0 Å². The number of ether oxygens (including phenoxy) is 2. The van der Waals surface area contributed by atoms with Crippen LogP contribution in [-0.2, 0) is 10.4 Å². The van der Waals surface area contributed by atoms with Crippen molar-refractivity contribution in [1.29, 1.82) is 0 Å². The number of anilines is 1. The third kappa shape index (κ3) is 3.49. The lowest BCUT2D eigenvalue weighted by atomic mass is 9.78. The number of rotatable bonds is 5. The summed E-state index contributed by atoms with van der Waals surface area (Å²) in [7, 11) is 4.44. The Bertz CT molecular complexity index is 952. The minimum atomic E-state index is -0.846. The first kappa shape index (κ1) is 21.1. The Labute approximate surface area is 179 Å². The number of hydrogen-bond acceptors (Lipinski definition) is 10. The van der Waals surface area contributed by atoms with E-state index in [0.29, 0.717) is 25.6 Å². The van der Waals surface area contributed by atoms with E-state index in [9.17, 15) is 9.65 Å². The molecule has 3 atom stereocenters. The van der Waals surface area contributed by atoms with E-state index in [4.69, 9.17) is 25.1 Å². The Morgan fingerprint density at radius 3 is 2.35 bits per heavy atom. The van der Waals surface area contributed by atoms with Crippen LogP contribution in [0.1, 0.15) is 5.56 Å². The maximum atomic E-state index is 14.4. The number of nitrogens with two attached hydrogens (primary N) is 1. The van der Waals surface area contributed by atoms with Crippen LogP contribution in [0.2, 0.25) is 0 Å². The number of halogens is 1. The molecule has 0 spiro atoms. The molecule has 11 heteroatoms. The van der Waals surface area contributed by atoms with Crippen LogP contribution in [0.5, 0.6) is 11.8 Å². The average molecular weight is 432 g/mol. The largest absolute Gasteiger partial charge is 0.479 e. The zero-order chi connectivity index (χ0) is 22.2. The minimum Gasteiger partial charge on any atom is -0.479 e. The Morgan fingerprint density at radius 2 is 1.77 bits per heavy atom. The summed E-state index contributed by atoms with van der Waals surface area (Å²) in [5.74, 6) is -0.974. The van der Waals surface area contributed by atoms with Gasteiger partial charge in [0.25, 0.3) is 11.8 Å². The number of methoxy groups -OCH3 is 2. The van der Waals surface area contributed by atoms with Gasteiger partial charge in [-0.2, -0.15) is 14.4 Å². The normalized spacial score (nSPS) is 25.6. The molecule has 1 aromatic carbocycles. The molecule has 0 radical (unpaired) electrons. The SMILES string of the molecule is COc1nc(N2CC3C(OO)CN(C)C(N)=N[C@@]3(c3ccccc3)C2)nc(OC)c1F. The highest BCUT2D eigenvalue weighted by Gasteiger charge is 2.54. The number of benzene rings is 1. The first-order valence-corrected chi connectivity index (χ1v) is 9.76. The molecule has 0 amide bonds. The number of aliphatic imine (C=N–C) groups is 1. The Morgan fingerprint density at radius 1 is 1.13 bits per heavy atom. The highest BCUT2D eigenvalue weighted by Crippen LogP contribution is 2.45. The second-order valence-corrected chi connectivity index (χ2v) is 7.63. The molecule has 2 aromatic rings. The van der Waals surface area contributed by atoms with Crippen LogP contribution in [-0.4, -0.2) is 73.1 Å². The maximum absolute atomic E-state index is 14.4. The fourth-order valence-electron chi connectivity index (χ4n) is 4.35. The number of likely N-dealkylation sites (N-methyl/N-ethyl adjacent to an activating group) is 1. The van der Waals surface area contributed by atoms with Gasteiger partial charge in [-0.15, -0.1) is 0 Å². The molecule has 0 bridgehead atoms. The van der Waals surface area contributed by atoms with Crippen LogP contribution in [0.3, 0.4) is 0 Å². The Balaban J connectivity index is 1.85. The third-order valence-electron chi connectivity index (χ3n) is 5.93. The van der Waals surface area contributed by atoms with Crippen LogP contribution < -0.4 is 20.1 Å². The van der Waals surface area contributed by atoms with Gasteiger partial charge in [0.1, 0.15) is 11.6 Å². The fraction of sp³-hybridized carbons (Fsp3) is 0.450. The Kier molecular flexibility index (Phi) is 5.54. The summed E-state index contributed by atoms with van der Waals surface area (Å²) in [5, 5.41) is 9.73. The molecule has 3 N–H and O–H groups in total. The van der Waals surface area contributed by atoms with E-state index in [2.05, 4.69) is 9.97 Å². The van der Waals surface area contributed by atoms with Gasteiger partial charge < -0.3 is 25.0 Å². The van der Waals surface area contributed by atoms with Crippen molar-refractivity contribution < 1.29 is 24.0 Å². The van der Waals surface area contributed by atoms with E-state index in [1.807, 2.05) is 35.2 Å². The fourth-order valence-corrected chi connectivity index (χ4v) is 4.35.